The summed E-state index contributed by atoms with van der Waals surface area (Å²) in [6, 6.07) is 45.4. The molecule has 8 aromatic carbocycles. The quantitative estimate of drug-likeness (QED) is 0.146. The molecular weight excluding hydrogens is 940 g/mol. The molecule has 15 rings (SSSR count). The van der Waals surface area contributed by atoms with E-state index in [1.54, 1.807) is 0 Å². The first-order chi connectivity index (χ1) is 36.4. The number of rotatable bonds is 1. The summed E-state index contributed by atoms with van der Waals surface area (Å²) in [5, 5.41) is 8.18. The Labute approximate surface area is 463 Å². The minimum absolute atomic E-state index is 0.0245. The van der Waals surface area contributed by atoms with Crippen LogP contribution in [0.5, 0.6) is 0 Å². The Morgan fingerprint density at radius 3 is 0.949 bits per heavy atom. The fraction of sp³-hybridized carbons (Fsp3) is 0.342. The van der Waals surface area contributed by atoms with Gasteiger partial charge in [-0.05, 0) is 165 Å². The number of hydrogen-bond acceptors (Lipinski definition) is 0. The molecule has 4 aliphatic rings. The Kier molecular flexibility index (Phi) is 9.03. The summed E-state index contributed by atoms with van der Waals surface area (Å²) >= 11 is 0. The highest BCUT2D eigenvalue weighted by molar-refractivity contribution is 7.04. The maximum absolute atomic E-state index is 2.85. The topological polar surface area (TPSA) is 14.8 Å². The zero-order chi connectivity index (χ0) is 54.9. The molecule has 0 bridgehead atoms. The third-order valence-electron chi connectivity index (χ3n) is 19.4. The Morgan fingerprint density at radius 2 is 0.615 bits per heavy atom. The number of fused-ring (bicyclic) bond motifs is 13. The van der Waals surface area contributed by atoms with Crippen LogP contribution in [0.15, 0.2) is 109 Å². The van der Waals surface area contributed by atoms with E-state index in [1.165, 1.54) is 165 Å². The molecular formula is C73H75B2N3. The first-order valence-corrected chi connectivity index (χ1v) is 29.2. The third kappa shape index (κ3) is 6.09. The third-order valence-corrected chi connectivity index (χ3v) is 19.4. The molecule has 0 radical (unpaired) electrons. The van der Waals surface area contributed by atoms with Gasteiger partial charge in [0.05, 0.1) is 22.4 Å². The first kappa shape index (κ1) is 48.4. The summed E-state index contributed by atoms with van der Waals surface area (Å²) < 4.78 is 8.44. The second-order valence-electron chi connectivity index (χ2n) is 30.7. The van der Waals surface area contributed by atoms with E-state index < -0.39 is 0 Å². The van der Waals surface area contributed by atoms with Gasteiger partial charge in [-0.15, -0.1) is 0 Å². The van der Waals surface area contributed by atoms with Crippen LogP contribution in [-0.2, 0) is 32.5 Å². The fourth-order valence-corrected chi connectivity index (χ4v) is 15.0. The second kappa shape index (κ2) is 14.6. The molecule has 3 nitrogen and oxygen atoms in total. The van der Waals surface area contributed by atoms with Crippen molar-refractivity contribution in [3.05, 3.63) is 148 Å². The maximum Gasteiger partial charge on any atom is 0.252 e. The Bertz CT molecular complexity index is 4350. The van der Waals surface area contributed by atoms with Gasteiger partial charge in [0, 0.05) is 65.6 Å². The molecule has 0 aliphatic carbocycles. The van der Waals surface area contributed by atoms with E-state index >= 15 is 0 Å². The molecule has 7 heterocycles. The first-order valence-electron chi connectivity index (χ1n) is 29.2. The summed E-state index contributed by atoms with van der Waals surface area (Å²) in [6.07, 6.45) is 0. The van der Waals surface area contributed by atoms with Crippen molar-refractivity contribution in [1.82, 2.24) is 13.7 Å². The lowest BCUT2D eigenvalue weighted by atomic mass is 9.29. The Morgan fingerprint density at radius 1 is 0.308 bits per heavy atom. The predicted octanol–water partition coefficient (Wildman–Crippen LogP) is 15.0. The minimum Gasteiger partial charge on any atom is -0.311 e. The van der Waals surface area contributed by atoms with Gasteiger partial charge in [0.15, 0.2) is 0 Å². The minimum atomic E-state index is -0.0917. The molecule has 0 fully saturated rings. The molecule has 0 spiro atoms. The Balaban J connectivity index is 1.29. The number of benzene rings is 8. The lowest BCUT2D eigenvalue weighted by molar-refractivity contribution is 0.590. The van der Waals surface area contributed by atoms with Gasteiger partial charge in [0.1, 0.15) is 0 Å². The van der Waals surface area contributed by atoms with Crippen LogP contribution < -0.4 is 32.8 Å². The average Bonchev–Trinajstić information content (AvgIpc) is 4.15. The van der Waals surface area contributed by atoms with Crippen LogP contribution in [-0.4, -0.2) is 27.1 Å². The van der Waals surface area contributed by atoms with Crippen molar-refractivity contribution in [3.8, 4) is 28.2 Å². The van der Waals surface area contributed by atoms with E-state index in [0.29, 0.717) is 0 Å². The zero-order valence-electron chi connectivity index (χ0n) is 49.9. The van der Waals surface area contributed by atoms with Crippen molar-refractivity contribution in [3.63, 3.8) is 0 Å². The van der Waals surface area contributed by atoms with Gasteiger partial charge in [-0.1, -0.05) is 185 Å². The summed E-state index contributed by atoms with van der Waals surface area (Å²) in [6.45, 7) is 45.6. The van der Waals surface area contributed by atoms with Gasteiger partial charge in [0.2, 0.25) is 0 Å². The van der Waals surface area contributed by atoms with E-state index in [1.807, 2.05) is 0 Å². The van der Waals surface area contributed by atoms with Crippen LogP contribution in [0.2, 0.25) is 0 Å². The van der Waals surface area contributed by atoms with E-state index in [9.17, 15) is 0 Å². The fourth-order valence-electron chi connectivity index (χ4n) is 15.0. The number of aryl methyl sites for hydroxylation is 1. The highest BCUT2D eigenvalue weighted by Gasteiger charge is 2.52. The van der Waals surface area contributed by atoms with Gasteiger partial charge >= 0.3 is 0 Å². The molecule has 5 heteroatoms. The molecule has 0 saturated heterocycles. The number of aromatic nitrogens is 3. The lowest BCUT2D eigenvalue weighted by Gasteiger charge is -2.43. The molecule has 3 aromatic heterocycles. The molecule has 0 amide bonds. The summed E-state index contributed by atoms with van der Waals surface area (Å²) in [4.78, 5) is 0. The van der Waals surface area contributed by atoms with Crippen molar-refractivity contribution < 1.29 is 0 Å². The molecule has 4 aliphatic heterocycles. The molecule has 0 N–H and O–H groups in total. The van der Waals surface area contributed by atoms with Gasteiger partial charge in [0.25, 0.3) is 13.4 Å². The van der Waals surface area contributed by atoms with Crippen LogP contribution in [0.4, 0.5) is 0 Å². The average molecular weight is 1020 g/mol. The highest BCUT2D eigenvalue weighted by Crippen LogP contribution is 2.51. The van der Waals surface area contributed by atoms with Crippen molar-refractivity contribution in [1.29, 1.82) is 0 Å². The van der Waals surface area contributed by atoms with E-state index in [4.69, 9.17) is 0 Å². The maximum atomic E-state index is 2.85. The summed E-state index contributed by atoms with van der Waals surface area (Å²) in [5.41, 5.74) is 32.6. The molecule has 388 valence electrons. The Hall–Kier alpha value is -6.71. The SMILES string of the molecule is Cc1ccccc1-c1c2c3c4c5c1-n1c6ccc(C(C)(C)C)cc6c6cc(C(C)(C)C)cc(c61)B5c1cc(C(C)(C)C)cc5c6cc(C(C)(C)C)cc(c6n-4c15)B3c1cc(C(C)(C)C)cc3c4cc(C(C)(C)C)ccc4n-2c13. The van der Waals surface area contributed by atoms with Gasteiger partial charge in [-0.2, -0.15) is 0 Å². The number of hydrogen-bond donors (Lipinski definition) is 0. The predicted molar refractivity (Wildman–Crippen MR) is 341 cm³/mol. The van der Waals surface area contributed by atoms with E-state index in [-0.39, 0.29) is 45.9 Å². The van der Waals surface area contributed by atoms with Crippen molar-refractivity contribution >= 4 is 112 Å². The van der Waals surface area contributed by atoms with Crippen LogP contribution in [0.1, 0.15) is 164 Å². The molecule has 78 heavy (non-hydrogen) atoms. The van der Waals surface area contributed by atoms with Crippen LogP contribution in [0, 0.1) is 6.92 Å². The van der Waals surface area contributed by atoms with Crippen molar-refractivity contribution in [2.75, 3.05) is 0 Å². The van der Waals surface area contributed by atoms with Gasteiger partial charge in [-0.3, -0.25) is 0 Å². The smallest absolute Gasteiger partial charge is 0.252 e. The van der Waals surface area contributed by atoms with Crippen molar-refractivity contribution in [2.24, 2.45) is 0 Å². The van der Waals surface area contributed by atoms with E-state index in [2.05, 4.69) is 254 Å². The van der Waals surface area contributed by atoms with Crippen LogP contribution in [0.25, 0.3) is 93.6 Å². The normalized spacial score (nSPS) is 14.8. The highest BCUT2D eigenvalue weighted by atomic mass is 15.1. The van der Waals surface area contributed by atoms with Crippen LogP contribution >= 0.6 is 0 Å². The lowest BCUT2D eigenvalue weighted by Crippen LogP contribution is -2.67. The zero-order valence-corrected chi connectivity index (χ0v) is 49.9. The molecule has 0 saturated carbocycles. The molecule has 0 unspecified atom stereocenters. The molecule has 0 atom stereocenters. The standard InChI is InChI=1S/C73H75B2N3/c1-38-22-20-21-23-45(38)58-65-59-67-60-66(58)77-57-27-25-40(69(5,6)7)29-47(57)49-31-42(71(11,12)13)35-53(62(49)77)75(60)55-37-44(73(17,18)19)33-51-50-32-43(72(14,15)16)36-54(63(50)78(67)64(51)55)74(59)52-34-41(70(8,9)10)30-48-46-28-39(68(2,3)4)24-26-56(46)76(65)61(48)52/h20-37H,1-19H3. The van der Waals surface area contributed by atoms with Gasteiger partial charge in [-0.25, -0.2) is 0 Å². The van der Waals surface area contributed by atoms with E-state index in [0.717, 1.165) is 0 Å². The largest absolute Gasteiger partial charge is 0.311 e. The summed E-state index contributed by atoms with van der Waals surface area (Å²) in [5.74, 6) is 0. The summed E-state index contributed by atoms with van der Waals surface area (Å²) in [7, 11) is 0. The second-order valence-corrected chi connectivity index (χ2v) is 30.7. The van der Waals surface area contributed by atoms with Crippen molar-refractivity contribution in [2.45, 2.75) is 164 Å². The molecule has 11 aromatic rings. The van der Waals surface area contributed by atoms with Gasteiger partial charge < -0.3 is 13.7 Å². The number of nitrogens with zero attached hydrogens (tertiary/aromatic N) is 3. The van der Waals surface area contributed by atoms with Crippen LogP contribution in [0.3, 0.4) is 0 Å². The monoisotopic (exact) mass is 1020 g/mol.